The molecule has 0 radical (unpaired) electrons. The topological polar surface area (TPSA) is 45.4 Å². The lowest BCUT2D eigenvalue weighted by atomic mass is 9.72. The largest absolute Gasteiger partial charge is 0.488 e. The van der Waals surface area contributed by atoms with Gasteiger partial charge in [0.05, 0.1) is 15.6 Å². The van der Waals surface area contributed by atoms with Crippen LogP contribution in [0.3, 0.4) is 0 Å². The maximum absolute atomic E-state index is 9.83. The monoisotopic (exact) mass is 496 g/mol. The van der Waals surface area contributed by atoms with Crippen molar-refractivity contribution in [1.29, 1.82) is 5.26 Å². The highest BCUT2D eigenvalue weighted by Crippen LogP contribution is 2.45. The van der Waals surface area contributed by atoms with Gasteiger partial charge >= 0.3 is 0 Å². The van der Waals surface area contributed by atoms with Crippen LogP contribution in [-0.4, -0.2) is 6.21 Å². The minimum Gasteiger partial charge on any atom is -0.488 e. The van der Waals surface area contributed by atoms with Crippen LogP contribution < -0.4 is 4.74 Å². The number of nitriles is 1. The van der Waals surface area contributed by atoms with Crippen LogP contribution in [0.5, 0.6) is 5.75 Å². The quantitative estimate of drug-likeness (QED) is 0.332. The number of fused-ring (bicyclic) bond motifs is 1. The lowest BCUT2D eigenvalue weighted by molar-refractivity contribution is 0.218. The third-order valence-electron chi connectivity index (χ3n) is 6.20. The van der Waals surface area contributed by atoms with Crippen LogP contribution >= 0.6 is 34.5 Å². The van der Waals surface area contributed by atoms with Crippen molar-refractivity contribution in [3.63, 3.8) is 0 Å². The Kier molecular flexibility index (Phi) is 7.14. The summed E-state index contributed by atoms with van der Waals surface area (Å²) in [4.78, 5) is 6.05. The summed E-state index contributed by atoms with van der Waals surface area (Å²) in [6.45, 7) is 7.27. The van der Waals surface area contributed by atoms with Gasteiger partial charge in [0.2, 0.25) is 0 Å². The number of thiophene rings is 1. The number of hydrogen-bond acceptors (Lipinski definition) is 4. The van der Waals surface area contributed by atoms with Gasteiger partial charge in [-0.15, -0.1) is 11.3 Å². The summed E-state index contributed by atoms with van der Waals surface area (Å²) >= 11 is 13.8. The molecule has 1 atom stereocenters. The molecular formula is C27H26Cl2N2OS. The van der Waals surface area contributed by atoms with Crippen molar-refractivity contribution < 1.29 is 4.74 Å². The highest BCUT2D eigenvalue weighted by molar-refractivity contribution is 7.16. The van der Waals surface area contributed by atoms with Gasteiger partial charge in [0, 0.05) is 16.7 Å². The second kappa shape index (κ2) is 9.89. The van der Waals surface area contributed by atoms with E-state index in [9.17, 15) is 5.26 Å². The first kappa shape index (κ1) is 23.8. The first-order chi connectivity index (χ1) is 15.8. The molecule has 1 heterocycles. The minimum absolute atomic E-state index is 0.266. The van der Waals surface area contributed by atoms with Crippen LogP contribution in [0.1, 0.15) is 54.3 Å². The highest BCUT2D eigenvalue weighted by Gasteiger charge is 2.32. The Morgan fingerprint density at radius 1 is 1.18 bits per heavy atom. The van der Waals surface area contributed by atoms with Crippen molar-refractivity contribution in [2.45, 2.75) is 46.6 Å². The SMILES string of the molecule is CC(C)(C)[C@H]1CCc2c(sc(N=Cc3ccccc3OCc3ccc(Cl)c(Cl)c3)c2C#N)C1. The molecule has 1 aromatic heterocycles. The van der Waals surface area contributed by atoms with Crippen LogP contribution in [0.4, 0.5) is 5.00 Å². The summed E-state index contributed by atoms with van der Waals surface area (Å²) in [5.74, 6) is 1.35. The second-order valence-electron chi connectivity index (χ2n) is 9.43. The Hall–Kier alpha value is -2.32. The summed E-state index contributed by atoms with van der Waals surface area (Å²) in [6.07, 6.45) is 4.90. The smallest absolute Gasteiger partial charge is 0.134 e. The molecule has 0 aliphatic heterocycles. The van der Waals surface area contributed by atoms with E-state index in [1.54, 1.807) is 29.7 Å². The summed E-state index contributed by atoms with van der Waals surface area (Å²) in [5.41, 5.74) is 3.98. The third kappa shape index (κ3) is 5.44. The summed E-state index contributed by atoms with van der Waals surface area (Å²) in [6, 6.07) is 15.6. The number of halogens is 2. The van der Waals surface area contributed by atoms with E-state index in [1.165, 1.54) is 10.4 Å². The minimum atomic E-state index is 0.266. The predicted molar refractivity (Wildman–Crippen MR) is 138 cm³/mol. The van der Waals surface area contributed by atoms with Crippen LogP contribution in [-0.2, 0) is 19.4 Å². The van der Waals surface area contributed by atoms with Crippen molar-refractivity contribution in [3.8, 4) is 11.8 Å². The number of hydrogen-bond donors (Lipinski definition) is 0. The molecule has 3 aromatic rings. The van der Waals surface area contributed by atoms with Crippen molar-refractivity contribution >= 4 is 45.8 Å². The van der Waals surface area contributed by atoms with Gasteiger partial charge in [-0.2, -0.15) is 5.26 Å². The maximum Gasteiger partial charge on any atom is 0.134 e. The Morgan fingerprint density at radius 3 is 2.70 bits per heavy atom. The van der Waals surface area contributed by atoms with Gasteiger partial charge in [0.25, 0.3) is 0 Å². The van der Waals surface area contributed by atoms with Crippen molar-refractivity contribution in [1.82, 2.24) is 0 Å². The molecule has 0 spiro atoms. The van der Waals surface area contributed by atoms with E-state index < -0.39 is 0 Å². The molecule has 1 aliphatic rings. The molecular weight excluding hydrogens is 471 g/mol. The van der Waals surface area contributed by atoms with Crippen LogP contribution in [0, 0.1) is 22.7 Å². The lowest BCUT2D eigenvalue weighted by Gasteiger charge is -2.33. The fourth-order valence-corrected chi connectivity index (χ4v) is 5.70. The zero-order valence-corrected chi connectivity index (χ0v) is 21.3. The summed E-state index contributed by atoms with van der Waals surface area (Å²) < 4.78 is 6.04. The molecule has 6 heteroatoms. The van der Waals surface area contributed by atoms with Crippen LogP contribution in [0.25, 0.3) is 0 Å². The Labute approximate surface area is 209 Å². The number of aliphatic imine (C=N–C) groups is 1. The molecule has 0 N–H and O–H groups in total. The predicted octanol–water partition coefficient (Wildman–Crippen LogP) is 8.41. The average Bonchev–Trinajstić information content (AvgIpc) is 3.15. The van der Waals surface area contributed by atoms with E-state index in [1.807, 2.05) is 30.3 Å². The Bertz CT molecular complexity index is 1230. The molecule has 1 aliphatic carbocycles. The Morgan fingerprint density at radius 2 is 1.97 bits per heavy atom. The first-order valence-corrected chi connectivity index (χ1v) is 12.6. The molecule has 0 fully saturated rings. The van der Waals surface area contributed by atoms with Gasteiger partial charge in [-0.25, -0.2) is 4.99 Å². The van der Waals surface area contributed by atoms with Crippen LogP contribution in [0.15, 0.2) is 47.5 Å². The van der Waals surface area contributed by atoms with E-state index in [-0.39, 0.29) is 5.41 Å². The molecule has 0 saturated heterocycles. The van der Waals surface area contributed by atoms with Gasteiger partial charge in [0.1, 0.15) is 23.4 Å². The molecule has 3 nitrogen and oxygen atoms in total. The van der Waals surface area contributed by atoms with Gasteiger partial charge in [-0.3, -0.25) is 0 Å². The maximum atomic E-state index is 9.83. The van der Waals surface area contributed by atoms with Gasteiger partial charge in [-0.05, 0) is 66.0 Å². The van der Waals surface area contributed by atoms with Gasteiger partial charge in [-0.1, -0.05) is 62.2 Å². The van der Waals surface area contributed by atoms with E-state index in [4.69, 9.17) is 32.9 Å². The number of nitrogens with zero attached hydrogens (tertiary/aromatic N) is 2. The fraction of sp³-hybridized carbons (Fsp3) is 0.333. The molecule has 0 amide bonds. The Balaban J connectivity index is 1.55. The van der Waals surface area contributed by atoms with Crippen LogP contribution in [0.2, 0.25) is 10.0 Å². The zero-order chi connectivity index (χ0) is 23.6. The normalized spacial score (nSPS) is 15.9. The fourth-order valence-electron chi connectivity index (χ4n) is 4.15. The molecule has 0 unspecified atom stereocenters. The highest BCUT2D eigenvalue weighted by atomic mass is 35.5. The van der Waals surface area contributed by atoms with Gasteiger partial charge < -0.3 is 4.74 Å². The lowest BCUT2D eigenvalue weighted by Crippen LogP contribution is -2.26. The van der Waals surface area contributed by atoms with Crippen molar-refractivity contribution in [2.75, 3.05) is 0 Å². The molecule has 4 rings (SSSR count). The number of benzene rings is 2. The first-order valence-electron chi connectivity index (χ1n) is 11.0. The van der Waals surface area contributed by atoms with E-state index >= 15 is 0 Å². The number of para-hydroxylation sites is 1. The van der Waals surface area contributed by atoms with E-state index in [0.29, 0.717) is 22.6 Å². The molecule has 170 valence electrons. The van der Waals surface area contributed by atoms with Gasteiger partial charge in [0.15, 0.2) is 0 Å². The molecule has 0 saturated carbocycles. The standard InChI is InChI=1S/C27H26Cl2N2OS/c1-27(2,3)19-9-10-20-21(14-30)26(33-25(20)13-19)31-15-18-6-4-5-7-24(18)32-16-17-8-11-22(28)23(29)12-17/h4-8,11-12,15,19H,9-10,13,16H2,1-3H3/t19-/m0/s1. The van der Waals surface area contributed by atoms with Crippen molar-refractivity contribution in [2.24, 2.45) is 16.3 Å². The second-order valence-corrected chi connectivity index (χ2v) is 11.3. The molecule has 2 aromatic carbocycles. The summed E-state index contributed by atoms with van der Waals surface area (Å²) in [5, 5.41) is 11.6. The third-order valence-corrected chi connectivity index (χ3v) is 8.10. The molecule has 33 heavy (non-hydrogen) atoms. The van der Waals surface area contributed by atoms with Crippen molar-refractivity contribution in [3.05, 3.63) is 79.6 Å². The summed E-state index contributed by atoms with van der Waals surface area (Å²) in [7, 11) is 0. The zero-order valence-electron chi connectivity index (χ0n) is 19.0. The van der Waals surface area contributed by atoms with E-state index in [0.717, 1.165) is 46.7 Å². The number of ether oxygens (including phenoxy) is 1. The number of rotatable bonds is 5. The van der Waals surface area contributed by atoms with E-state index in [2.05, 4.69) is 26.8 Å². The molecule has 0 bridgehead atoms. The average molecular weight is 497 g/mol.